The summed E-state index contributed by atoms with van der Waals surface area (Å²) in [7, 11) is 0. The first kappa shape index (κ1) is 13.2. The number of esters is 1. The number of ether oxygens (including phenoxy) is 3. The molecule has 0 aromatic carbocycles. The van der Waals surface area contributed by atoms with Crippen LogP contribution in [0.4, 0.5) is 0 Å². The topological polar surface area (TPSA) is 87.9 Å². The molecule has 1 aliphatic heterocycles. The zero-order chi connectivity index (χ0) is 13.3. The standard InChI is InChI=1S/C11H17NO6/c1-6(18-7(2)13)8-3-10-11(17-5-16-10)4-9(8)12(14)15/h6,8-11H,3-5H2,1-2H3. The van der Waals surface area contributed by atoms with Crippen molar-refractivity contribution in [3.63, 3.8) is 0 Å². The number of rotatable bonds is 3. The fourth-order valence-electron chi connectivity index (χ4n) is 2.80. The molecule has 1 saturated carbocycles. The van der Waals surface area contributed by atoms with Gasteiger partial charge in [0.05, 0.1) is 18.1 Å². The molecule has 5 unspecified atom stereocenters. The van der Waals surface area contributed by atoms with Crippen LogP contribution in [-0.4, -0.2) is 42.0 Å². The Bertz CT molecular complexity index is 346. The lowest BCUT2D eigenvalue weighted by Crippen LogP contribution is -2.48. The van der Waals surface area contributed by atoms with E-state index in [1.165, 1.54) is 6.92 Å². The van der Waals surface area contributed by atoms with Gasteiger partial charge in [0.25, 0.3) is 0 Å². The number of nitro groups is 1. The highest BCUT2D eigenvalue weighted by atomic mass is 16.7. The van der Waals surface area contributed by atoms with Crippen LogP contribution in [0.1, 0.15) is 26.7 Å². The highest BCUT2D eigenvalue weighted by molar-refractivity contribution is 5.66. The highest BCUT2D eigenvalue weighted by Gasteiger charge is 2.49. The Morgan fingerprint density at radius 2 is 2.00 bits per heavy atom. The summed E-state index contributed by atoms with van der Waals surface area (Å²) < 4.78 is 15.8. The van der Waals surface area contributed by atoms with Crippen molar-refractivity contribution < 1.29 is 23.9 Å². The van der Waals surface area contributed by atoms with E-state index in [-0.39, 0.29) is 29.8 Å². The van der Waals surface area contributed by atoms with Crippen molar-refractivity contribution in [1.29, 1.82) is 0 Å². The molecule has 18 heavy (non-hydrogen) atoms. The molecule has 2 aliphatic rings. The van der Waals surface area contributed by atoms with Crippen LogP contribution in [0.3, 0.4) is 0 Å². The summed E-state index contributed by atoms with van der Waals surface area (Å²) in [4.78, 5) is 21.8. The summed E-state index contributed by atoms with van der Waals surface area (Å²) in [5.41, 5.74) is 0. The van der Waals surface area contributed by atoms with Gasteiger partial charge < -0.3 is 14.2 Å². The average molecular weight is 259 g/mol. The molecule has 1 aliphatic carbocycles. The minimum Gasteiger partial charge on any atom is -0.462 e. The number of hydrogen-bond acceptors (Lipinski definition) is 6. The molecule has 2 fully saturated rings. The molecule has 0 bridgehead atoms. The minimum absolute atomic E-state index is 0.121. The van der Waals surface area contributed by atoms with E-state index in [1.54, 1.807) is 6.92 Å². The molecule has 0 N–H and O–H groups in total. The first-order valence-corrected chi connectivity index (χ1v) is 6.03. The van der Waals surface area contributed by atoms with E-state index in [0.29, 0.717) is 12.8 Å². The monoisotopic (exact) mass is 259 g/mol. The van der Waals surface area contributed by atoms with Crippen molar-refractivity contribution >= 4 is 5.97 Å². The van der Waals surface area contributed by atoms with E-state index in [9.17, 15) is 14.9 Å². The van der Waals surface area contributed by atoms with Crippen LogP contribution >= 0.6 is 0 Å². The number of carbonyl (C=O) groups is 1. The summed E-state index contributed by atoms with van der Waals surface area (Å²) in [6.07, 6.45) is -0.00737. The number of fused-ring (bicyclic) bond motifs is 1. The predicted molar refractivity (Wildman–Crippen MR) is 59.3 cm³/mol. The summed E-state index contributed by atoms with van der Waals surface area (Å²) in [6, 6.07) is -0.748. The highest BCUT2D eigenvalue weighted by Crippen LogP contribution is 2.36. The second-order valence-corrected chi connectivity index (χ2v) is 4.83. The molecule has 0 amide bonds. The van der Waals surface area contributed by atoms with Gasteiger partial charge in [-0.25, -0.2) is 0 Å². The van der Waals surface area contributed by atoms with Crippen molar-refractivity contribution in [2.75, 3.05) is 6.79 Å². The second kappa shape index (κ2) is 5.19. The maximum atomic E-state index is 11.1. The van der Waals surface area contributed by atoms with Crippen molar-refractivity contribution in [1.82, 2.24) is 0 Å². The smallest absolute Gasteiger partial charge is 0.302 e. The lowest BCUT2D eigenvalue weighted by molar-refractivity contribution is -0.540. The zero-order valence-electron chi connectivity index (χ0n) is 10.4. The maximum Gasteiger partial charge on any atom is 0.302 e. The van der Waals surface area contributed by atoms with Gasteiger partial charge in [0, 0.05) is 18.3 Å². The van der Waals surface area contributed by atoms with Crippen LogP contribution in [0, 0.1) is 16.0 Å². The Labute approximate surface area is 105 Å². The van der Waals surface area contributed by atoms with E-state index in [1.807, 2.05) is 0 Å². The number of nitrogens with zero attached hydrogens (tertiary/aromatic N) is 1. The predicted octanol–water partition coefficient (Wildman–Crippen LogP) is 0.735. The Kier molecular flexibility index (Phi) is 3.82. The van der Waals surface area contributed by atoms with Crippen LogP contribution in [0.5, 0.6) is 0 Å². The fourth-order valence-corrected chi connectivity index (χ4v) is 2.80. The van der Waals surface area contributed by atoms with E-state index < -0.39 is 18.1 Å². The van der Waals surface area contributed by atoms with Gasteiger partial charge in [-0.2, -0.15) is 0 Å². The molecule has 0 spiro atoms. The molecule has 0 aromatic heterocycles. The van der Waals surface area contributed by atoms with Crippen molar-refractivity contribution in [3.05, 3.63) is 10.1 Å². The third-order valence-corrected chi connectivity index (χ3v) is 3.68. The van der Waals surface area contributed by atoms with Crippen LogP contribution in [0.25, 0.3) is 0 Å². The van der Waals surface area contributed by atoms with E-state index in [0.717, 1.165) is 0 Å². The molecule has 7 heteroatoms. The van der Waals surface area contributed by atoms with Gasteiger partial charge in [-0.15, -0.1) is 0 Å². The zero-order valence-corrected chi connectivity index (χ0v) is 10.4. The van der Waals surface area contributed by atoms with E-state index >= 15 is 0 Å². The minimum atomic E-state index is -0.748. The molecule has 0 aromatic rings. The first-order chi connectivity index (χ1) is 8.49. The van der Waals surface area contributed by atoms with E-state index in [2.05, 4.69) is 0 Å². The molecule has 1 heterocycles. The number of carbonyl (C=O) groups excluding carboxylic acids is 1. The molecule has 102 valence electrons. The third kappa shape index (κ3) is 2.62. The van der Waals surface area contributed by atoms with Gasteiger partial charge in [-0.3, -0.25) is 14.9 Å². The van der Waals surface area contributed by atoms with Crippen molar-refractivity contribution in [2.24, 2.45) is 5.92 Å². The van der Waals surface area contributed by atoms with Gasteiger partial charge in [-0.05, 0) is 13.3 Å². The van der Waals surface area contributed by atoms with Gasteiger partial charge in [0.15, 0.2) is 0 Å². The Morgan fingerprint density at radius 3 is 2.56 bits per heavy atom. The van der Waals surface area contributed by atoms with Crippen molar-refractivity contribution in [3.8, 4) is 0 Å². The van der Waals surface area contributed by atoms with Crippen LogP contribution in [-0.2, 0) is 19.0 Å². The quantitative estimate of drug-likeness (QED) is 0.422. The number of hydrogen-bond donors (Lipinski definition) is 0. The van der Waals surface area contributed by atoms with Gasteiger partial charge in [-0.1, -0.05) is 0 Å². The molecule has 5 atom stereocenters. The molecule has 2 rings (SSSR count). The molecular formula is C11H17NO6. The lowest BCUT2D eigenvalue weighted by atomic mass is 9.78. The molecule has 1 saturated heterocycles. The fraction of sp³-hybridized carbons (Fsp3) is 0.909. The van der Waals surface area contributed by atoms with Crippen molar-refractivity contribution in [2.45, 2.75) is 51.0 Å². The Hall–Kier alpha value is -1.21. The summed E-state index contributed by atoms with van der Waals surface area (Å²) in [5, 5.41) is 11.1. The SMILES string of the molecule is CC(=O)OC(C)C1CC2OCOC2CC1[N+](=O)[O-]. The average Bonchev–Trinajstić information content (AvgIpc) is 2.72. The third-order valence-electron chi connectivity index (χ3n) is 3.68. The van der Waals surface area contributed by atoms with Crippen LogP contribution < -0.4 is 0 Å². The van der Waals surface area contributed by atoms with Gasteiger partial charge >= 0.3 is 5.97 Å². The molecule has 7 nitrogen and oxygen atoms in total. The van der Waals surface area contributed by atoms with Gasteiger partial charge in [0.2, 0.25) is 6.04 Å². The molecular weight excluding hydrogens is 242 g/mol. The van der Waals surface area contributed by atoms with Gasteiger partial charge in [0.1, 0.15) is 12.9 Å². The second-order valence-electron chi connectivity index (χ2n) is 4.83. The Balaban J connectivity index is 2.09. The van der Waals surface area contributed by atoms with E-state index in [4.69, 9.17) is 14.2 Å². The lowest BCUT2D eigenvalue weighted by Gasteiger charge is -2.34. The maximum absolute atomic E-state index is 11.1. The van der Waals surface area contributed by atoms with Crippen LogP contribution in [0.15, 0.2) is 0 Å². The normalized spacial score (nSPS) is 36.8. The van der Waals surface area contributed by atoms with Crippen LogP contribution in [0.2, 0.25) is 0 Å². The summed E-state index contributed by atoms with van der Waals surface area (Å²) in [6.45, 7) is 3.19. The Morgan fingerprint density at radius 1 is 1.39 bits per heavy atom. The summed E-state index contributed by atoms with van der Waals surface area (Å²) >= 11 is 0. The molecule has 0 radical (unpaired) electrons. The largest absolute Gasteiger partial charge is 0.462 e. The first-order valence-electron chi connectivity index (χ1n) is 6.03. The summed E-state index contributed by atoms with van der Waals surface area (Å²) in [5.74, 6) is -0.748.